The number of rotatable bonds is 4. The normalized spacial score (nSPS) is 22.8. The molecule has 0 aliphatic heterocycles. The van der Waals surface area contributed by atoms with Crippen LogP contribution in [0.2, 0.25) is 0 Å². The van der Waals surface area contributed by atoms with Crippen LogP contribution in [-0.4, -0.2) is 11.9 Å². The van der Waals surface area contributed by atoms with Gasteiger partial charge in [0.2, 0.25) is 0 Å². The molecule has 0 radical (unpaired) electrons. The van der Waals surface area contributed by atoms with Crippen molar-refractivity contribution in [3.63, 3.8) is 0 Å². The van der Waals surface area contributed by atoms with E-state index in [9.17, 15) is 4.79 Å². The van der Waals surface area contributed by atoms with Gasteiger partial charge in [0.1, 0.15) is 0 Å². The zero-order chi connectivity index (χ0) is 11.5. The number of carbonyl (C=O) groups excluding carboxylic acids is 1. The number of hydrogen-bond donors (Lipinski definition) is 2. The topological polar surface area (TPSA) is 55.1 Å². The summed E-state index contributed by atoms with van der Waals surface area (Å²) in [5.74, 6) is 0.714. The molecule has 1 aliphatic carbocycles. The number of hydrogen-bond acceptors (Lipinski definition) is 2. The molecule has 0 aromatic heterocycles. The maximum atomic E-state index is 11.8. The van der Waals surface area contributed by atoms with Crippen LogP contribution in [0.5, 0.6) is 0 Å². The van der Waals surface area contributed by atoms with Crippen molar-refractivity contribution in [1.29, 1.82) is 0 Å². The maximum Gasteiger partial charge on any atom is 0.251 e. The number of benzene rings is 1. The van der Waals surface area contributed by atoms with Crippen molar-refractivity contribution in [2.45, 2.75) is 32.2 Å². The van der Waals surface area contributed by atoms with Gasteiger partial charge >= 0.3 is 0 Å². The molecule has 1 aliphatic rings. The van der Waals surface area contributed by atoms with Crippen LogP contribution < -0.4 is 11.1 Å². The lowest BCUT2D eigenvalue weighted by Crippen LogP contribution is -2.26. The second kappa shape index (κ2) is 4.56. The Morgan fingerprint density at radius 2 is 2.12 bits per heavy atom. The van der Waals surface area contributed by atoms with Gasteiger partial charge in [-0.1, -0.05) is 13.3 Å². The summed E-state index contributed by atoms with van der Waals surface area (Å²) < 4.78 is 0. The standard InChI is InChI=1S/C13H18N2O/c1-2-3-10-8-12(10)15-13(16)9-4-6-11(14)7-5-9/h4-7,10,12H,2-3,8,14H2,1H3,(H,15,16). The number of carbonyl (C=O) groups is 1. The molecule has 1 amide bonds. The molecule has 1 aromatic rings. The lowest BCUT2D eigenvalue weighted by molar-refractivity contribution is 0.0949. The summed E-state index contributed by atoms with van der Waals surface area (Å²) in [7, 11) is 0. The van der Waals surface area contributed by atoms with Crippen LogP contribution >= 0.6 is 0 Å². The zero-order valence-electron chi connectivity index (χ0n) is 9.57. The van der Waals surface area contributed by atoms with E-state index in [1.54, 1.807) is 24.3 Å². The van der Waals surface area contributed by atoms with Gasteiger partial charge < -0.3 is 11.1 Å². The number of nitrogens with one attached hydrogen (secondary N) is 1. The van der Waals surface area contributed by atoms with Crippen LogP contribution in [0.25, 0.3) is 0 Å². The maximum absolute atomic E-state index is 11.8. The number of anilines is 1. The van der Waals surface area contributed by atoms with E-state index in [2.05, 4.69) is 12.2 Å². The van der Waals surface area contributed by atoms with Gasteiger partial charge in [-0.2, -0.15) is 0 Å². The average Bonchev–Trinajstić information content (AvgIpc) is 2.98. The smallest absolute Gasteiger partial charge is 0.251 e. The molecule has 3 nitrogen and oxygen atoms in total. The lowest BCUT2D eigenvalue weighted by atomic mass is 10.2. The van der Waals surface area contributed by atoms with Crippen molar-refractivity contribution in [3.05, 3.63) is 29.8 Å². The SMILES string of the molecule is CCCC1CC1NC(=O)c1ccc(N)cc1. The fourth-order valence-electron chi connectivity index (χ4n) is 2.00. The number of nitrogens with two attached hydrogens (primary N) is 1. The summed E-state index contributed by atoms with van der Waals surface area (Å²) in [5.41, 5.74) is 6.95. The Morgan fingerprint density at radius 1 is 1.44 bits per heavy atom. The van der Waals surface area contributed by atoms with E-state index in [0.29, 0.717) is 23.2 Å². The molecule has 3 N–H and O–H groups in total. The minimum Gasteiger partial charge on any atom is -0.399 e. The molecule has 1 aromatic carbocycles. The third kappa shape index (κ3) is 2.54. The largest absolute Gasteiger partial charge is 0.399 e. The van der Waals surface area contributed by atoms with Gasteiger partial charge in [0.05, 0.1) is 0 Å². The predicted octanol–water partition coefficient (Wildman–Crippen LogP) is 2.19. The van der Waals surface area contributed by atoms with Crippen LogP contribution in [-0.2, 0) is 0 Å². The molecule has 0 bridgehead atoms. The summed E-state index contributed by atoms with van der Waals surface area (Å²) in [4.78, 5) is 11.8. The molecular weight excluding hydrogens is 200 g/mol. The minimum absolute atomic E-state index is 0.0172. The van der Waals surface area contributed by atoms with Gasteiger partial charge in [-0.15, -0.1) is 0 Å². The second-order valence-electron chi connectivity index (χ2n) is 4.49. The van der Waals surface area contributed by atoms with Crippen molar-refractivity contribution < 1.29 is 4.79 Å². The van der Waals surface area contributed by atoms with Gasteiger partial charge in [0, 0.05) is 17.3 Å². The van der Waals surface area contributed by atoms with E-state index < -0.39 is 0 Å². The van der Waals surface area contributed by atoms with Crippen LogP contribution in [0, 0.1) is 5.92 Å². The van der Waals surface area contributed by atoms with Gasteiger partial charge in [0.15, 0.2) is 0 Å². The molecule has 3 heteroatoms. The van der Waals surface area contributed by atoms with Crippen molar-refractivity contribution in [3.8, 4) is 0 Å². The Morgan fingerprint density at radius 3 is 2.75 bits per heavy atom. The molecule has 2 unspecified atom stereocenters. The van der Waals surface area contributed by atoms with Gasteiger partial charge in [-0.05, 0) is 43.0 Å². The predicted molar refractivity (Wildman–Crippen MR) is 65.1 cm³/mol. The molecule has 1 saturated carbocycles. The Balaban J connectivity index is 1.87. The minimum atomic E-state index is 0.0172. The second-order valence-corrected chi connectivity index (χ2v) is 4.49. The monoisotopic (exact) mass is 218 g/mol. The summed E-state index contributed by atoms with van der Waals surface area (Å²) in [6.07, 6.45) is 3.54. The molecule has 16 heavy (non-hydrogen) atoms. The van der Waals surface area contributed by atoms with Gasteiger partial charge in [0.25, 0.3) is 5.91 Å². The molecule has 0 heterocycles. The fourth-order valence-corrected chi connectivity index (χ4v) is 2.00. The third-order valence-corrected chi connectivity index (χ3v) is 3.07. The molecule has 0 saturated heterocycles. The summed E-state index contributed by atoms with van der Waals surface area (Å²) in [6, 6.07) is 7.44. The number of amides is 1. The van der Waals surface area contributed by atoms with Crippen molar-refractivity contribution in [2.24, 2.45) is 5.92 Å². The molecule has 86 valence electrons. The van der Waals surface area contributed by atoms with E-state index in [4.69, 9.17) is 5.73 Å². The highest BCUT2D eigenvalue weighted by Crippen LogP contribution is 2.34. The van der Waals surface area contributed by atoms with Gasteiger partial charge in [-0.25, -0.2) is 0 Å². The summed E-state index contributed by atoms with van der Waals surface area (Å²) >= 11 is 0. The zero-order valence-corrected chi connectivity index (χ0v) is 9.57. The van der Waals surface area contributed by atoms with E-state index in [1.807, 2.05) is 0 Å². The first-order chi connectivity index (χ1) is 7.70. The van der Waals surface area contributed by atoms with Crippen LogP contribution in [0.4, 0.5) is 5.69 Å². The van der Waals surface area contributed by atoms with Crippen molar-refractivity contribution in [1.82, 2.24) is 5.32 Å². The summed E-state index contributed by atoms with van der Waals surface area (Å²) in [5, 5.41) is 3.04. The van der Waals surface area contributed by atoms with Gasteiger partial charge in [-0.3, -0.25) is 4.79 Å². The van der Waals surface area contributed by atoms with Crippen molar-refractivity contribution >= 4 is 11.6 Å². The van der Waals surface area contributed by atoms with E-state index in [-0.39, 0.29) is 5.91 Å². The third-order valence-electron chi connectivity index (χ3n) is 3.07. The highest BCUT2D eigenvalue weighted by molar-refractivity contribution is 5.94. The molecule has 2 atom stereocenters. The Bertz CT molecular complexity index is 372. The molecular formula is C13H18N2O. The average molecular weight is 218 g/mol. The highest BCUT2D eigenvalue weighted by Gasteiger charge is 2.37. The quantitative estimate of drug-likeness (QED) is 0.761. The Kier molecular flexibility index (Phi) is 3.13. The van der Waals surface area contributed by atoms with Crippen LogP contribution in [0.15, 0.2) is 24.3 Å². The fraction of sp³-hybridized carbons (Fsp3) is 0.462. The summed E-state index contributed by atoms with van der Waals surface area (Å²) in [6.45, 7) is 2.18. The lowest BCUT2D eigenvalue weighted by Gasteiger charge is -2.04. The first-order valence-corrected chi connectivity index (χ1v) is 5.87. The number of nitrogen functional groups attached to an aromatic ring is 1. The first-order valence-electron chi connectivity index (χ1n) is 5.87. The Hall–Kier alpha value is -1.51. The van der Waals surface area contributed by atoms with Crippen LogP contribution in [0.1, 0.15) is 36.5 Å². The first kappa shape index (κ1) is 11.0. The highest BCUT2D eigenvalue weighted by atomic mass is 16.1. The van der Waals surface area contributed by atoms with E-state index >= 15 is 0 Å². The molecule has 0 spiro atoms. The Labute approximate surface area is 96.0 Å². The van der Waals surface area contributed by atoms with Crippen molar-refractivity contribution in [2.75, 3.05) is 5.73 Å². The molecule has 1 fully saturated rings. The molecule has 2 rings (SSSR count). The van der Waals surface area contributed by atoms with Crippen LogP contribution in [0.3, 0.4) is 0 Å². The van der Waals surface area contributed by atoms with E-state index in [0.717, 1.165) is 6.42 Å². The van der Waals surface area contributed by atoms with E-state index in [1.165, 1.54) is 12.8 Å².